The van der Waals surface area contributed by atoms with E-state index in [-0.39, 0.29) is 6.03 Å². The molecule has 2 aliphatic heterocycles. The van der Waals surface area contributed by atoms with Crippen LogP contribution in [0, 0.1) is 0 Å². The van der Waals surface area contributed by atoms with E-state index in [0.717, 1.165) is 52.5 Å². The lowest BCUT2D eigenvalue weighted by Gasteiger charge is -2.34. The Kier molecular flexibility index (Phi) is 6.26. The van der Waals surface area contributed by atoms with Crippen molar-refractivity contribution in [3.8, 4) is 0 Å². The zero-order chi connectivity index (χ0) is 19.3. The molecule has 0 radical (unpaired) electrons. The second-order valence-electron chi connectivity index (χ2n) is 7.35. The minimum absolute atomic E-state index is 0.112. The minimum Gasteiger partial charge on any atom is -0.379 e. The summed E-state index contributed by atoms with van der Waals surface area (Å²) in [5.74, 6) is 0. The van der Waals surface area contributed by atoms with Crippen LogP contribution >= 0.6 is 11.6 Å². The number of carbonyl (C=O) groups is 1. The van der Waals surface area contributed by atoms with E-state index in [9.17, 15) is 4.79 Å². The van der Waals surface area contributed by atoms with Crippen LogP contribution in [0.5, 0.6) is 0 Å². The van der Waals surface area contributed by atoms with Gasteiger partial charge in [0.2, 0.25) is 0 Å². The summed E-state index contributed by atoms with van der Waals surface area (Å²) in [6.45, 7) is 8.70. The summed E-state index contributed by atoms with van der Waals surface area (Å²) in [6.07, 6.45) is 3.03. The van der Waals surface area contributed by atoms with Crippen LogP contribution in [-0.4, -0.2) is 83.0 Å². The maximum atomic E-state index is 12.4. The van der Waals surface area contributed by atoms with Gasteiger partial charge in [-0.3, -0.25) is 9.80 Å². The molecule has 1 aromatic heterocycles. The molecule has 0 bridgehead atoms. The molecule has 28 heavy (non-hydrogen) atoms. The van der Waals surface area contributed by atoms with E-state index >= 15 is 0 Å². The van der Waals surface area contributed by atoms with Crippen LogP contribution in [0.2, 0.25) is 5.02 Å². The summed E-state index contributed by atoms with van der Waals surface area (Å²) in [4.78, 5) is 19.1. The summed E-state index contributed by atoms with van der Waals surface area (Å²) >= 11 is 5.85. The molecule has 0 unspecified atom stereocenters. The lowest BCUT2D eigenvalue weighted by molar-refractivity contribution is 0.0342. The van der Waals surface area contributed by atoms with Crippen LogP contribution in [0.1, 0.15) is 11.1 Å². The predicted molar refractivity (Wildman–Crippen MR) is 107 cm³/mol. The van der Waals surface area contributed by atoms with Crippen LogP contribution in [0.3, 0.4) is 0 Å². The van der Waals surface area contributed by atoms with Gasteiger partial charge in [0.05, 0.1) is 30.6 Å². The van der Waals surface area contributed by atoms with Gasteiger partial charge in [-0.1, -0.05) is 35.9 Å². The molecule has 0 saturated carbocycles. The molecule has 2 fully saturated rings. The first-order valence-corrected chi connectivity index (χ1v) is 10.1. The third-order valence-corrected chi connectivity index (χ3v) is 5.52. The molecule has 4 rings (SSSR count). The van der Waals surface area contributed by atoms with Gasteiger partial charge in [-0.25, -0.2) is 4.79 Å². The summed E-state index contributed by atoms with van der Waals surface area (Å²) in [5, 5.41) is 4.47. The number of amides is 1. The molecule has 3 heterocycles. The standard InChI is InChI=1S/C20H26ClN5O2/c21-19-13-22-26(16-19)20(27)25-7-5-23(6-8-25)14-17-1-3-18(4-2-17)15-24-9-11-28-12-10-24/h1-4,13,16H,5-12,14-15H2. The number of piperazine rings is 1. The van der Waals surface area contributed by atoms with Gasteiger partial charge in [0.15, 0.2) is 0 Å². The second-order valence-corrected chi connectivity index (χ2v) is 7.79. The van der Waals surface area contributed by atoms with Crippen molar-refractivity contribution in [1.82, 2.24) is 24.5 Å². The van der Waals surface area contributed by atoms with Crippen LogP contribution < -0.4 is 0 Å². The molecule has 2 aliphatic rings. The fraction of sp³-hybridized carbons (Fsp3) is 0.500. The Morgan fingerprint density at radius 1 is 0.929 bits per heavy atom. The number of halogens is 1. The Morgan fingerprint density at radius 3 is 2.04 bits per heavy atom. The van der Waals surface area contributed by atoms with Crippen molar-refractivity contribution in [1.29, 1.82) is 0 Å². The normalized spacial score (nSPS) is 19.1. The summed E-state index contributed by atoms with van der Waals surface area (Å²) in [7, 11) is 0. The van der Waals surface area contributed by atoms with Crippen molar-refractivity contribution in [3.05, 3.63) is 52.8 Å². The molecule has 0 atom stereocenters. The zero-order valence-electron chi connectivity index (χ0n) is 16.0. The second kappa shape index (κ2) is 9.05. The number of carbonyl (C=O) groups excluding carboxylic acids is 1. The fourth-order valence-electron chi connectivity index (χ4n) is 3.67. The smallest absolute Gasteiger partial charge is 0.344 e. The van der Waals surface area contributed by atoms with Gasteiger partial charge in [0, 0.05) is 52.4 Å². The number of hydrogen-bond acceptors (Lipinski definition) is 5. The van der Waals surface area contributed by atoms with Crippen molar-refractivity contribution < 1.29 is 9.53 Å². The SMILES string of the molecule is O=C(N1CCN(Cc2ccc(CN3CCOCC3)cc2)CC1)n1cc(Cl)cn1. The van der Waals surface area contributed by atoms with Crippen molar-refractivity contribution in [2.24, 2.45) is 0 Å². The maximum Gasteiger partial charge on any atom is 0.344 e. The van der Waals surface area contributed by atoms with Crippen molar-refractivity contribution in [3.63, 3.8) is 0 Å². The number of morpholine rings is 1. The van der Waals surface area contributed by atoms with Crippen LogP contribution in [0.15, 0.2) is 36.7 Å². The highest BCUT2D eigenvalue weighted by Gasteiger charge is 2.22. The molecular formula is C20H26ClN5O2. The Balaban J connectivity index is 1.24. The Bertz CT molecular complexity index is 780. The largest absolute Gasteiger partial charge is 0.379 e. The zero-order valence-corrected chi connectivity index (χ0v) is 16.7. The van der Waals surface area contributed by atoms with E-state index in [0.29, 0.717) is 18.1 Å². The average molecular weight is 404 g/mol. The number of rotatable bonds is 4. The molecule has 0 N–H and O–H groups in total. The Morgan fingerprint density at radius 2 is 1.50 bits per heavy atom. The number of nitrogens with zero attached hydrogens (tertiary/aromatic N) is 5. The van der Waals surface area contributed by atoms with Gasteiger partial charge in [0.1, 0.15) is 0 Å². The summed E-state index contributed by atoms with van der Waals surface area (Å²) in [6, 6.07) is 8.79. The van der Waals surface area contributed by atoms with Crippen molar-refractivity contribution in [2.75, 3.05) is 52.5 Å². The van der Waals surface area contributed by atoms with Crippen LogP contribution in [0.4, 0.5) is 4.79 Å². The molecule has 2 saturated heterocycles. The number of aromatic nitrogens is 2. The molecule has 7 nitrogen and oxygen atoms in total. The molecule has 2 aromatic rings. The van der Waals surface area contributed by atoms with E-state index < -0.39 is 0 Å². The quantitative estimate of drug-likeness (QED) is 0.783. The first kappa shape index (κ1) is 19.4. The molecular weight excluding hydrogens is 378 g/mol. The molecule has 8 heteroatoms. The highest BCUT2D eigenvalue weighted by atomic mass is 35.5. The third kappa shape index (κ3) is 4.91. The first-order valence-electron chi connectivity index (χ1n) is 9.77. The van der Waals surface area contributed by atoms with Gasteiger partial charge in [-0.05, 0) is 11.1 Å². The molecule has 1 aromatic carbocycles. The van der Waals surface area contributed by atoms with E-state index in [2.05, 4.69) is 39.2 Å². The lowest BCUT2D eigenvalue weighted by Crippen LogP contribution is -2.49. The summed E-state index contributed by atoms with van der Waals surface area (Å²) in [5.41, 5.74) is 2.66. The van der Waals surface area contributed by atoms with Crippen LogP contribution in [-0.2, 0) is 17.8 Å². The fourth-order valence-corrected chi connectivity index (χ4v) is 3.81. The number of ether oxygens (including phenoxy) is 1. The molecule has 0 aliphatic carbocycles. The molecule has 1 amide bonds. The van der Waals surface area contributed by atoms with E-state index in [1.165, 1.54) is 22.0 Å². The van der Waals surface area contributed by atoms with E-state index in [4.69, 9.17) is 16.3 Å². The monoisotopic (exact) mass is 403 g/mol. The summed E-state index contributed by atoms with van der Waals surface area (Å²) < 4.78 is 6.72. The van der Waals surface area contributed by atoms with Gasteiger partial charge >= 0.3 is 6.03 Å². The molecule has 0 spiro atoms. The average Bonchev–Trinajstić information content (AvgIpc) is 3.17. The van der Waals surface area contributed by atoms with Gasteiger partial charge in [-0.2, -0.15) is 9.78 Å². The number of hydrogen-bond donors (Lipinski definition) is 0. The highest BCUT2D eigenvalue weighted by Crippen LogP contribution is 2.13. The minimum atomic E-state index is -0.112. The van der Waals surface area contributed by atoms with E-state index in [1.54, 1.807) is 6.20 Å². The topological polar surface area (TPSA) is 53.8 Å². The Labute approximate surface area is 170 Å². The van der Waals surface area contributed by atoms with Gasteiger partial charge in [-0.15, -0.1) is 0 Å². The lowest BCUT2D eigenvalue weighted by atomic mass is 10.1. The molecule has 150 valence electrons. The predicted octanol–water partition coefficient (Wildman–Crippen LogP) is 2.15. The first-order chi connectivity index (χ1) is 13.7. The Hall–Kier alpha value is -1.93. The third-order valence-electron chi connectivity index (χ3n) is 5.33. The van der Waals surface area contributed by atoms with Crippen molar-refractivity contribution >= 4 is 17.6 Å². The van der Waals surface area contributed by atoms with Gasteiger partial charge < -0.3 is 9.64 Å². The highest BCUT2D eigenvalue weighted by molar-refractivity contribution is 6.30. The number of benzene rings is 1. The van der Waals surface area contributed by atoms with Crippen molar-refractivity contribution in [2.45, 2.75) is 13.1 Å². The van der Waals surface area contributed by atoms with Crippen LogP contribution in [0.25, 0.3) is 0 Å². The van der Waals surface area contributed by atoms with Gasteiger partial charge in [0.25, 0.3) is 0 Å². The maximum absolute atomic E-state index is 12.4. The van der Waals surface area contributed by atoms with E-state index in [1.807, 2.05) is 4.90 Å².